The summed E-state index contributed by atoms with van der Waals surface area (Å²) < 4.78 is 0. The average molecular weight is 263 g/mol. The lowest BCUT2D eigenvalue weighted by molar-refractivity contribution is 0.0949. The van der Waals surface area contributed by atoms with Gasteiger partial charge in [-0.05, 0) is 18.1 Å². The summed E-state index contributed by atoms with van der Waals surface area (Å²) in [5.41, 5.74) is 1.49. The van der Waals surface area contributed by atoms with Gasteiger partial charge in [-0.3, -0.25) is 4.79 Å². The van der Waals surface area contributed by atoms with Crippen LogP contribution in [0.4, 0.5) is 5.82 Å². The zero-order valence-corrected chi connectivity index (χ0v) is 12.8. The third-order valence-electron chi connectivity index (χ3n) is 2.78. The summed E-state index contributed by atoms with van der Waals surface area (Å²) >= 11 is 0. The fraction of sp³-hybridized carbons (Fsp3) is 0.600. The molecule has 1 aromatic rings. The van der Waals surface area contributed by atoms with Crippen molar-refractivity contribution < 1.29 is 4.79 Å². The summed E-state index contributed by atoms with van der Waals surface area (Å²) in [5, 5.41) is 5.94. The van der Waals surface area contributed by atoms with Gasteiger partial charge in [0.15, 0.2) is 0 Å². The van der Waals surface area contributed by atoms with Crippen LogP contribution in [0, 0.1) is 5.92 Å². The number of rotatable bonds is 4. The van der Waals surface area contributed by atoms with E-state index < -0.39 is 0 Å². The van der Waals surface area contributed by atoms with E-state index in [-0.39, 0.29) is 11.3 Å². The summed E-state index contributed by atoms with van der Waals surface area (Å²) in [4.78, 5) is 16.6. The molecular weight excluding hydrogens is 238 g/mol. The van der Waals surface area contributed by atoms with Crippen LogP contribution in [0.15, 0.2) is 12.1 Å². The van der Waals surface area contributed by atoms with Gasteiger partial charge in [0.1, 0.15) is 5.82 Å². The van der Waals surface area contributed by atoms with E-state index in [2.05, 4.69) is 50.2 Å². The van der Waals surface area contributed by atoms with E-state index in [1.165, 1.54) is 0 Å². The van der Waals surface area contributed by atoms with Gasteiger partial charge in [0.25, 0.3) is 5.91 Å². The maximum atomic E-state index is 12.1. The van der Waals surface area contributed by atoms with Gasteiger partial charge in [-0.1, -0.05) is 34.6 Å². The first-order chi connectivity index (χ1) is 8.74. The lowest BCUT2D eigenvalue weighted by atomic mass is 9.90. The predicted octanol–water partition coefficient (Wildman–Crippen LogP) is 2.81. The number of pyridine rings is 1. The Bertz CT molecular complexity index is 447. The molecule has 1 rings (SSSR count). The Hall–Kier alpha value is -1.58. The molecule has 0 aliphatic heterocycles. The second kappa shape index (κ2) is 6.04. The van der Waals surface area contributed by atoms with E-state index in [9.17, 15) is 4.79 Å². The van der Waals surface area contributed by atoms with Crippen LogP contribution in [-0.4, -0.2) is 24.5 Å². The highest BCUT2D eigenvalue weighted by Gasteiger charge is 2.19. The molecule has 0 spiro atoms. The van der Waals surface area contributed by atoms with E-state index >= 15 is 0 Å². The third-order valence-corrected chi connectivity index (χ3v) is 2.78. The molecule has 0 aliphatic carbocycles. The molecular formula is C15H25N3O. The van der Waals surface area contributed by atoms with Gasteiger partial charge in [0.2, 0.25) is 0 Å². The molecule has 0 saturated heterocycles. The number of nitrogens with one attached hydrogen (secondary N) is 2. The zero-order chi connectivity index (χ0) is 14.6. The third kappa shape index (κ3) is 4.54. The number of hydrogen-bond acceptors (Lipinski definition) is 3. The first kappa shape index (κ1) is 15.5. The number of nitrogens with zero attached hydrogens (tertiary/aromatic N) is 1. The van der Waals surface area contributed by atoms with Gasteiger partial charge in [-0.25, -0.2) is 4.98 Å². The maximum Gasteiger partial charge on any atom is 0.251 e. The highest BCUT2D eigenvalue weighted by Crippen LogP contribution is 2.23. The van der Waals surface area contributed by atoms with E-state index in [0.29, 0.717) is 18.0 Å². The molecule has 2 N–H and O–H groups in total. The fourth-order valence-corrected chi connectivity index (χ4v) is 1.57. The predicted molar refractivity (Wildman–Crippen MR) is 79.7 cm³/mol. The Balaban J connectivity index is 3.03. The minimum atomic E-state index is -0.0834. The van der Waals surface area contributed by atoms with Crippen molar-refractivity contribution in [2.75, 3.05) is 18.9 Å². The minimum absolute atomic E-state index is 0.0434. The van der Waals surface area contributed by atoms with Crippen molar-refractivity contribution in [3.63, 3.8) is 0 Å². The van der Waals surface area contributed by atoms with Gasteiger partial charge in [-0.2, -0.15) is 0 Å². The molecule has 0 aromatic carbocycles. The molecule has 1 heterocycles. The van der Waals surface area contributed by atoms with Gasteiger partial charge in [0, 0.05) is 30.3 Å². The number of carbonyl (C=O) groups is 1. The second-order valence-electron chi connectivity index (χ2n) is 6.23. The van der Waals surface area contributed by atoms with Gasteiger partial charge in [0.05, 0.1) is 0 Å². The summed E-state index contributed by atoms with van der Waals surface area (Å²) in [6.07, 6.45) is 0. The van der Waals surface area contributed by atoms with Gasteiger partial charge < -0.3 is 10.6 Å². The Labute approximate surface area is 116 Å². The molecule has 0 bridgehead atoms. The summed E-state index contributed by atoms with van der Waals surface area (Å²) in [7, 11) is 1.81. The van der Waals surface area contributed by atoms with Crippen molar-refractivity contribution in [1.82, 2.24) is 10.3 Å². The van der Waals surface area contributed by atoms with Crippen LogP contribution in [0.25, 0.3) is 0 Å². The summed E-state index contributed by atoms with van der Waals surface area (Å²) in [5.74, 6) is 1.12. The molecule has 0 saturated carbocycles. The highest BCUT2D eigenvalue weighted by atomic mass is 16.1. The number of amides is 1. The summed E-state index contributed by atoms with van der Waals surface area (Å²) in [6, 6.07) is 3.65. The molecule has 19 heavy (non-hydrogen) atoms. The van der Waals surface area contributed by atoms with Crippen LogP contribution in [0.2, 0.25) is 0 Å². The summed E-state index contributed by atoms with van der Waals surface area (Å²) in [6.45, 7) is 11.1. The highest BCUT2D eigenvalue weighted by molar-refractivity contribution is 5.95. The molecule has 4 nitrogen and oxygen atoms in total. The van der Waals surface area contributed by atoms with Crippen molar-refractivity contribution in [3.8, 4) is 0 Å². The van der Waals surface area contributed by atoms with Crippen molar-refractivity contribution >= 4 is 11.7 Å². The van der Waals surface area contributed by atoms with E-state index in [4.69, 9.17) is 0 Å². The minimum Gasteiger partial charge on any atom is -0.373 e. The smallest absolute Gasteiger partial charge is 0.251 e. The molecule has 4 heteroatoms. The molecule has 1 aromatic heterocycles. The van der Waals surface area contributed by atoms with Crippen molar-refractivity contribution in [3.05, 3.63) is 23.4 Å². The lowest BCUT2D eigenvalue weighted by Gasteiger charge is -2.20. The molecule has 0 radical (unpaired) electrons. The van der Waals surface area contributed by atoms with Crippen molar-refractivity contribution in [1.29, 1.82) is 0 Å². The second-order valence-corrected chi connectivity index (χ2v) is 6.23. The molecule has 1 amide bonds. The van der Waals surface area contributed by atoms with Gasteiger partial charge in [-0.15, -0.1) is 0 Å². The number of aromatic nitrogens is 1. The average Bonchev–Trinajstić information content (AvgIpc) is 2.34. The normalized spacial score (nSPS) is 11.5. The van der Waals surface area contributed by atoms with Crippen LogP contribution >= 0.6 is 0 Å². The van der Waals surface area contributed by atoms with Crippen LogP contribution < -0.4 is 10.6 Å². The Morgan fingerprint density at radius 1 is 1.32 bits per heavy atom. The van der Waals surface area contributed by atoms with Crippen molar-refractivity contribution in [2.24, 2.45) is 5.92 Å². The molecule has 0 aliphatic rings. The number of anilines is 1. The van der Waals surface area contributed by atoms with Crippen LogP contribution in [0.1, 0.15) is 50.7 Å². The molecule has 106 valence electrons. The van der Waals surface area contributed by atoms with E-state index in [1.807, 2.05) is 13.1 Å². The van der Waals surface area contributed by atoms with E-state index in [0.717, 1.165) is 11.5 Å². The SMILES string of the molecule is CNc1cc(C(=O)NCC(C)C)cc(C(C)(C)C)n1. The maximum absolute atomic E-state index is 12.1. The number of hydrogen-bond donors (Lipinski definition) is 2. The largest absolute Gasteiger partial charge is 0.373 e. The quantitative estimate of drug-likeness (QED) is 0.878. The lowest BCUT2D eigenvalue weighted by Crippen LogP contribution is -2.28. The monoisotopic (exact) mass is 263 g/mol. The standard InChI is InChI=1S/C15H25N3O/c1-10(2)9-17-14(19)11-7-12(15(3,4)5)18-13(8-11)16-6/h7-8,10H,9H2,1-6H3,(H,16,18)(H,17,19). The topological polar surface area (TPSA) is 54.0 Å². The Kier molecular flexibility index (Phi) is 4.92. The fourth-order valence-electron chi connectivity index (χ4n) is 1.57. The van der Waals surface area contributed by atoms with E-state index in [1.54, 1.807) is 6.07 Å². The first-order valence-electron chi connectivity index (χ1n) is 6.72. The molecule has 0 atom stereocenters. The van der Waals surface area contributed by atoms with Crippen LogP contribution in [0.3, 0.4) is 0 Å². The molecule has 0 fully saturated rings. The van der Waals surface area contributed by atoms with Gasteiger partial charge >= 0.3 is 0 Å². The molecule has 0 unspecified atom stereocenters. The van der Waals surface area contributed by atoms with Crippen LogP contribution in [0.5, 0.6) is 0 Å². The Morgan fingerprint density at radius 2 is 1.95 bits per heavy atom. The zero-order valence-electron chi connectivity index (χ0n) is 12.8. The van der Waals surface area contributed by atoms with Crippen molar-refractivity contribution in [2.45, 2.75) is 40.0 Å². The first-order valence-corrected chi connectivity index (χ1v) is 6.72. The number of carbonyl (C=O) groups excluding carboxylic acids is 1. The Morgan fingerprint density at radius 3 is 2.42 bits per heavy atom. The van der Waals surface area contributed by atoms with Crippen LogP contribution in [-0.2, 0) is 5.41 Å².